The smallest absolute Gasteiger partial charge is 0.241 e. The maximum absolute atomic E-state index is 12.4. The van der Waals surface area contributed by atoms with Crippen LogP contribution in [0.2, 0.25) is 0 Å². The second-order valence-electron chi connectivity index (χ2n) is 6.07. The lowest BCUT2D eigenvalue weighted by atomic mass is 10.3. The van der Waals surface area contributed by atoms with Crippen molar-refractivity contribution >= 4 is 21.6 Å². The number of nitrogens with one attached hydrogen (secondary N) is 2. The number of hydrogen-bond donors (Lipinski definition) is 2. The average Bonchev–Trinajstić information content (AvgIpc) is 2.68. The van der Waals surface area contributed by atoms with Crippen LogP contribution >= 0.6 is 0 Å². The van der Waals surface area contributed by atoms with Crippen molar-refractivity contribution in [1.29, 1.82) is 0 Å². The van der Waals surface area contributed by atoms with E-state index in [1.807, 2.05) is 42.3 Å². The lowest BCUT2D eigenvalue weighted by molar-refractivity contribution is -0.122. The van der Waals surface area contributed by atoms with Gasteiger partial charge in [-0.15, -0.1) is 0 Å². The number of nitrogens with zero attached hydrogens (tertiary/aromatic N) is 1. The summed E-state index contributed by atoms with van der Waals surface area (Å²) in [6, 6.07) is 14.9. The number of anilines is 1. The fourth-order valence-electron chi connectivity index (χ4n) is 2.42. The molecule has 2 rings (SSSR count). The van der Waals surface area contributed by atoms with Gasteiger partial charge in [0.25, 0.3) is 0 Å². The van der Waals surface area contributed by atoms with Gasteiger partial charge in [-0.25, -0.2) is 8.42 Å². The predicted molar refractivity (Wildman–Crippen MR) is 105 cm³/mol. The molecule has 0 aromatic heterocycles. The number of hydrogen-bond acceptors (Lipinski definition) is 5. The summed E-state index contributed by atoms with van der Waals surface area (Å²) in [5, 5.41) is 2.75. The molecule has 8 heteroatoms. The van der Waals surface area contributed by atoms with Gasteiger partial charge >= 0.3 is 0 Å². The first-order valence-electron chi connectivity index (χ1n) is 8.54. The number of para-hydroxylation sites is 1. The molecule has 0 aliphatic carbocycles. The van der Waals surface area contributed by atoms with E-state index in [4.69, 9.17) is 4.74 Å². The third-order valence-corrected chi connectivity index (χ3v) is 5.59. The van der Waals surface area contributed by atoms with Gasteiger partial charge in [0.15, 0.2) is 0 Å². The standard InChI is InChI=1S/C19H25N3O4S/c1-15(21-27(24,25)18-11-9-17(26-3)10-12-18)19(23)20-13-14-22(2)16-7-5-4-6-8-16/h4-12,15,21H,13-14H2,1-3H3,(H,20,23). The van der Waals surface area contributed by atoms with Crippen LogP contribution in [0.25, 0.3) is 0 Å². The van der Waals surface area contributed by atoms with Gasteiger partial charge < -0.3 is 15.0 Å². The zero-order chi connectivity index (χ0) is 19.9. The van der Waals surface area contributed by atoms with Crippen LogP contribution in [0.4, 0.5) is 5.69 Å². The monoisotopic (exact) mass is 391 g/mol. The van der Waals surface area contributed by atoms with Crippen molar-refractivity contribution in [3.63, 3.8) is 0 Å². The summed E-state index contributed by atoms with van der Waals surface area (Å²) < 4.78 is 32.1. The quantitative estimate of drug-likeness (QED) is 0.678. The van der Waals surface area contributed by atoms with E-state index < -0.39 is 16.1 Å². The summed E-state index contributed by atoms with van der Waals surface area (Å²) in [6.07, 6.45) is 0. The molecule has 2 aromatic rings. The van der Waals surface area contributed by atoms with Crippen LogP contribution in [-0.2, 0) is 14.8 Å². The SMILES string of the molecule is COc1ccc(S(=O)(=O)NC(C)C(=O)NCCN(C)c2ccccc2)cc1. The van der Waals surface area contributed by atoms with Crippen molar-refractivity contribution in [2.75, 3.05) is 32.1 Å². The summed E-state index contributed by atoms with van der Waals surface area (Å²) in [4.78, 5) is 14.3. The second-order valence-corrected chi connectivity index (χ2v) is 7.78. The molecular weight excluding hydrogens is 366 g/mol. The van der Waals surface area contributed by atoms with Crippen LogP contribution in [0.3, 0.4) is 0 Å². The lowest BCUT2D eigenvalue weighted by Gasteiger charge is -2.20. The van der Waals surface area contributed by atoms with E-state index in [1.165, 1.54) is 26.2 Å². The van der Waals surface area contributed by atoms with Crippen LogP contribution in [0.5, 0.6) is 5.75 Å². The van der Waals surface area contributed by atoms with Crippen molar-refractivity contribution in [3.05, 3.63) is 54.6 Å². The van der Waals surface area contributed by atoms with E-state index in [0.717, 1.165) is 5.69 Å². The maximum Gasteiger partial charge on any atom is 0.241 e. The van der Waals surface area contributed by atoms with Gasteiger partial charge in [-0.1, -0.05) is 18.2 Å². The molecule has 27 heavy (non-hydrogen) atoms. The van der Waals surface area contributed by atoms with Crippen molar-refractivity contribution < 1.29 is 17.9 Å². The maximum atomic E-state index is 12.4. The number of carbonyl (C=O) groups excluding carboxylic acids is 1. The Hall–Kier alpha value is -2.58. The minimum absolute atomic E-state index is 0.0757. The molecular formula is C19H25N3O4S. The highest BCUT2D eigenvalue weighted by Gasteiger charge is 2.21. The lowest BCUT2D eigenvalue weighted by Crippen LogP contribution is -2.46. The molecule has 2 N–H and O–H groups in total. The zero-order valence-electron chi connectivity index (χ0n) is 15.7. The molecule has 0 radical (unpaired) electrons. The third kappa shape index (κ3) is 5.97. The highest BCUT2D eigenvalue weighted by Crippen LogP contribution is 2.15. The molecule has 0 fully saturated rings. The van der Waals surface area contributed by atoms with Crippen molar-refractivity contribution in [2.24, 2.45) is 0 Å². The number of methoxy groups -OCH3 is 1. The Balaban J connectivity index is 1.85. The van der Waals surface area contributed by atoms with Gasteiger partial charge in [0.05, 0.1) is 18.0 Å². The van der Waals surface area contributed by atoms with Crippen molar-refractivity contribution in [2.45, 2.75) is 17.9 Å². The fraction of sp³-hybridized carbons (Fsp3) is 0.316. The number of likely N-dealkylation sites (N-methyl/N-ethyl adjacent to an activating group) is 1. The van der Waals surface area contributed by atoms with Crippen LogP contribution in [0, 0.1) is 0 Å². The third-order valence-electron chi connectivity index (χ3n) is 4.04. The van der Waals surface area contributed by atoms with E-state index in [-0.39, 0.29) is 10.8 Å². The summed E-state index contributed by atoms with van der Waals surface area (Å²) in [5.74, 6) is 0.177. The van der Waals surface area contributed by atoms with Crippen LogP contribution in [0.1, 0.15) is 6.92 Å². The predicted octanol–water partition coefficient (Wildman–Crippen LogP) is 1.61. The summed E-state index contributed by atoms with van der Waals surface area (Å²) in [5.41, 5.74) is 1.04. The molecule has 146 valence electrons. The number of rotatable bonds is 9. The van der Waals surface area contributed by atoms with E-state index in [2.05, 4.69) is 10.0 Å². The Morgan fingerprint density at radius 2 is 1.74 bits per heavy atom. The molecule has 0 saturated carbocycles. The van der Waals surface area contributed by atoms with E-state index in [0.29, 0.717) is 18.8 Å². The molecule has 1 amide bonds. The number of sulfonamides is 1. The van der Waals surface area contributed by atoms with Gasteiger partial charge in [0, 0.05) is 25.8 Å². The van der Waals surface area contributed by atoms with E-state index in [1.54, 1.807) is 12.1 Å². The first kappa shape index (κ1) is 20.7. The van der Waals surface area contributed by atoms with Gasteiger partial charge in [0.1, 0.15) is 5.75 Å². The van der Waals surface area contributed by atoms with E-state index >= 15 is 0 Å². The minimum atomic E-state index is -3.79. The Morgan fingerprint density at radius 3 is 2.33 bits per heavy atom. The Bertz CT molecular complexity index is 839. The molecule has 1 unspecified atom stereocenters. The first-order chi connectivity index (χ1) is 12.8. The van der Waals surface area contributed by atoms with Crippen molar-refractivity contribution in [1.82, 2.24) is 10.0 Å². The van der Waals surface area contributed by atoms with Gasteiger partial charge in [-0.2, -0.15) is 4.72 Å². The number of benzene rings is 2. The highest BCUT2D eigenvalue weighted by molar-refractivity contribution is 7.89. The largest absolute Gasteiger partial charge is 0.497 e. The number of ether oxygens (including phenoxy) is 1. The van der Waals surface area contributed by atoms with Gasteiger partial charge in [-0.05, 0) is 43.3 Å². The van der Waals surface area contributed by atoms with Gasteiger partial charge in [0.2, 0.25) is 15.9 Å². The first-order valence-corrected chi connectivity index (χ1v) is 10.0. The van der Waals surface area contributed by atoms with Crippen LogP contribution in [-0.4, -0.2) is 47.6 Å². The van der Waals surface area contributed by atoms with Crippen molar-refractivity contribution in [3.8, 4) is 5.75 Å². The molecule has 0 heterocycles. The highest BCUT2D eigenvalue weighted by atomic mass is 32.2. The molecule has 0 aliphatic heterocycles. The molecule has 1 atom stereocenters. The molecule has 7 nitrogen and oxygen atoms in total. The average molecular weight is 391 g/mol. The Morgan fingerprint density at radius 1 is 1.11 bits per heavy atom. The zero-order valence-corrected chi connectivity index (χ0v) is 16.5. The molecule has 0 spiro atoms. The Labute approximate surface area is 160 Å². The Kier molecular flexibility index (Phi) is 7.20. The minimum Gasteiger partial charge on any atom is -0.497 e. The van der Waals surface area contributed by atoms with E-state index in [9.17, 15) is 13.2 Å². The normalized spacial score (nSPS) is 12.3. The number of carbonyl (C=O) groups is 1. The topological polar surface area (TPSA) is 87.7 Å². The summed E-state index contributed by atoms with van der Waals surface area (Å²) >= 11 is 0. The second kappa shape index (κ2) is 9.38. The molecule has 0 saturated heterocycles. The summed E-state index contributed by atoms with van der Waals surface area (Å²) in [7, 11) is -0.359. The molecule has 0 bridgehead atoms. The number of amides is 1. The van der Waals surface area contributed by atoms with Gasteiger partial charge in [-0.3, -0.25) is 4.79 Å². The van der Waals surface area contributed by atoms with Crippen LogP contribution < -0.4 is 19.7 Å². The molecule has 2 aromatic carbocycles. The van der Waals surface area contributed by atoms with Crippen LogP contribution in [0.15, 0.2) is 59.5 Å². The fourth-order valence-corrected chi connectivity index (χ4v) is 3.62. The molecule has 0 aliphatic rings. The summed E-state index contributed by atoms with van der Waals surface area (Å²) in [6.45, 7) is 2.52.